The Hall–Kier alpha value is -2.09. The van der Waals surface area contributed by atoms with Gasteiger partial charge in [-0.15, -0.1) is 0 Å². The van der Waals surface area contributed by atoms with Gasteiger partial charge in [0.1, 0.15) is 12.4 Å². The van der Waals surface area contributed by atoms with Gasteiger partial charge in [-0.3, -0.25) is 4.79 Å². The highest BCUT2D eigenvalue weighted by molar-refractivity contribution is 5.67. The van der Waals surface area contributed by atoms with E-state index in [0.29, 0.717) is 5.69 Å². The Balaban J connectivity index is 2.77. The van der Waals surface area contributed by atoms with Crippen LogP contribution in [0, 0.1) is 17.1 Å². The Morgan fingerprint density at radius 3 is 2.88 bits per heavy atom. The maximum Gasteiger partial charge on any atom is 0.305 e. The summed E-state index contributed by atoms with van der Waals surface area (Å²) in [5, 5.41) is 17.1. The number of anilines is 1. The van der Waals surface area contributed by atoms with Gasteiger partial charge in [0.15, 0.2) is 0 Å². The molecule has 0 bridgehead atoms. The molecule has 0 aliphatic rings. The molecule has 0 aliphatic carbocycles. The molecular formula is C11H11FN2O2. The van der Waals surface area contributed by atoms with E-state index in [1.807, 2.05) is 6.07 Å². The van der Waals surface area contributed by atoms with Crippen LogP contribution in [0.4, 0.5) is 10.1 Å². The quantitative estimate of drug-likeness (QED) is 0.769. The van der Waals surface area contributed by atoms with Crippen LogP contribution in [-0.4, -0.2) is 24.2 Å². The lowest BCUT2D eigenvalue weighted by molar-refractivity contribution is -0.136. The van der Waals surface area contributed by atoms with Crippen LogP contribution in [0.2, 0.25) is 0 Å². The van der Waals surface area contributed by atoms with Crippen molar-refractivity contribution in [3.8, 4) is 6.07 Å². The summed E-state index contributed by atoms with van der Waals surface area (Å²) in [6.07, 6.45) is -0.0851. The van der Waals surface area contributed by atoms with Crippen molar-refractivity contribution >= 4 is 11.7 Å². The number of aliphatic carboxylic acids is 1. The monoisotopic (exact) mass is 222 g/mol. The van der Waals surface area contributed by atoms with Crippen LogP contribution >= 0.6 is 0 Å². The predicted octanol–water partition coefficient (Wildman–Crippen LogP) is 1.63. The minimum absolute atomic E-state index is 0.0384. The molecule has 0 saturated heterocycles. The zero-order valence-electron chi connectivity index (χ0n) is 8.56. The van der Waals surface area contributed by atoms with Crippen LogP contribution in [0.5, 0.6) is 0 Å². The summed E-state index contributed by atoms with van der Waals surface area (Å²) in [6.45, 7) is 0.225. The molecule has 16 heavy (non-hydrogen) atoms. The molecule has 0 aromatic heterocycles. The van der Waals surface area contributed by atoms with Crippen LogP contribution in [0.15, 0.2) is 24.3 Å². The van der Waals surface area contributed by atoms with Gasteiger partial charge in [-0.1, -0.05) is 6.07 Å². The van der Waals surface area contributed by atoms with Crippen LogP contribution < -0.4 is 4.90 Å². The summed E-state index contributed by atoms with van der Waals surface area (Å²) >= 11 is 0. The average Bonchev–Trinajstić information content (AvgIpc) is 2.24. The molecule has 1 aromatic rings. The molecule has 0 unspecified atom stereocenters. The van der Waals surface area contributed by atoms with Crippen molar-refractivity contribution in [1.29, 1.82) is 5.26 Å². The molecular weight excluding hydrogens is 211 g/mol. The first-order valence-electron chi connectivity index (χ1n) is 4.72. The van der Waals surface area contributed by atoms with Crippen molar-refractivity contribution in [3.05, 3.63) is 30.1 Å². The second-order valence-electron chi connectivity index (χ2n) is 3.20. The second kappa shape index (κ2) is 5.71. The SMILES string of the molecule is N#CCN(CCC(=O)O)c1cccc(F)c1. The number of carbonyl (C=O) groups is 1. The Kier molecular flexibility index (Phi) is 4.28. The topological polar surface area (TPSA) is 64.3 Å². The summed E-state index contributed by atoms with van der Waals surface area (Å²) in [6, 6.07) is 7.66. The number of nitriles is 1. The highest BCUT2D eigenvalue weighted by atomic mass is 19.1. The summed E-state index contributed by atoms with van der Waals surface area (Å²) in [7, 11) is 0. The molecule has 5 heteroatoms. The van der Waals surface area contributed by atoms with Crippen molar-refractivity contribution in [2.24, 2.45) is 0 Å². The molecule has 0 amide bonds. The molecule has 0 aliphatic heterocycles. The molecule has 0 atom stereocenters. The van der Waals surface area contributed by atoms with Gasteiger partial charge in [-0.05, 0) is 18.2 Å². The highest BCUT2D eigenvalue weighted by Gasteiger charge is 2.08. The third-order valence-electron chi connectivity index (χ3n) is 2.03. The molecule has 84 valence electrons. The van der Waals surface area contributed by atoms with E-state index in [2.05, 4.69) is 0 Å². The maximum absolute atomic E-state index is 12.9. The van der Waals surface area contributed by atoms with E-state index in [4.69, 9.17) is 10.4 Å². The number of halogens is 1. The Bertz CT molecular complexity index is 415. The summed E-state index contributed by atoms with van der Waals surface area (Å²) in [5.74, 6) is -1.35. The first-order chi connectivity index (χ1) is 7.63. The van der Waals surface area contributed by atoms with E-state index in [1.165, 1.54) is 23.1 Å². The number of hydrogen-bond acceptors (Lipinski definition) is 3. The van der Waals surface area contributed by atoms with Gasteiger partial charge in [-0.2, -0.15) is 5.26 Å². The van der Waals surface area contributed by atoms with Gasteiger partial charge < -0.3 is 10.0 Å². The number of hydrogen-bond donors (Lipinski definition) is 1. The van der Waals surface area contributed by atoms with Gasteiger partial charge >= 0.3 is 5.97 Å². The average molecular weight is 222 g/mol. The fourth-order valence-corrected chi connectivity index (χ4v) is 1.29. The van der Waals surface area contributed by atoms with Crippen molar-refractivity contribution in [2.75, 3.05) is 18.0 Å². The number of rotatable bonds is 5. The van der Waals surface area contributed by atoms with Gasteiger partial charge in [0.25, 0.3) is 0 Å². The fraction of sp³-hybridized carbons (Fsp3) is 0.273. The van der Waals surface area contributed by atoms with Crippen molar-refractivity contribution < 1.29 is 14.3 Å². The normalized spacial score (nSPS) is 9.50. The van der Waals surface area contributed by atoms with E-state index >= 15 is 0 Å². The lowest BCUT2D eigenvalue weighted by Crippen LogP contribution is -2.26. The molecule has 0 fully saturated rings. The molecule has 4 nitrogen and oxygen atoms in total. The lowest BCUT2D eigenvalue weighted by atomic mass is 10.2. The first kappa shape index (κ1) is 12.0. The standard InChI is InChI=1S/C11H11FN2O2/c12-9-2-1-3-10(8-9)14(7-5-13)6-4-11(15)16/h1-3,8H,4,6-7H2,(H,15,16). The van der Waals surface area contributed by atoms with Crippen LogP contribution in [0.25, 0.3) is 0 Å². The van der Waals surface area contributed by atoms with Crippen molar-refractivity contribution in [1.82, 2.24) is 0 Å². The largest absolute Gasteiger partial charge is 0.481 e. The van der Waals surface area contributed by atoms with Gasteiger partial charge in [0, 0.05) is 12.2 Å². The van der Waals surface area contributed by atoms with Crippen LogP contribution in [-0.2, 0) is 4.79 Å². The molecule has 1 rings (SSSR count). The van der Waals surface area contributed by atoms with Gasteiger partial charge in [0.05, 0.1) is 12.5 Å². The number of carboxylic acids is 1. The van der Waals surface area contributed by atoms with Crippen LogP contribution in [0.3, 0.4) is 0 Å². The molecule has 0 spiro atoms. The Morgan fingerprint density at radius 1 is 1.56 bits per heavy atom. The fourth-order valence-electron chi connectivity index (χ4n) is 1.29. The van der Waals surface area contributed by atoms with E-state index in [1.54, 1.807) is 6.07 Å². The Morgan fingerprint density at radius 2 is 2.31 bits per heavy atom. The van der Waals surface area contributed by atoms with Gasteiger partial charge in [-0.25, -0.2) is 4.39 Å². The van der Waals surface area contributed by atoms with E-state index in [-0.39, 0.29) is 19.5 Å². The molecule has 0 radical (unpaired) electrons. The minimum Gasteiger partial charge on any atom is -0.481 e. The van der Waals surface area contributed by atoms with Gasteiger partial charge in [0.2, 0.25) is 0 Å². The molecule has 0 saturated carbocycles. The minimum atomic E-state index is -0.945. The third-order valence-corrected chi connectivity index (χ3v) is 2.03. The second-order valence-corrected chi connectivity index (χ2v) is 3.20. The van der Waals surface area contributed by atoms with Crippen molar-refractivity contribution in [2.45, 2.75) is 6.42 Å². The number of benzene rings is 1. The first-order valence-corrected chi connectivity index (χ1v) is 4.72. The van der Waals surface area contributed by atoms with E-state index < -0.39 is 11.8 Å². The van der Waals surface area contributed by atoms with Crippen molar-refractivity contribution in [3.63, 3.8) is 0 Å². The number of carboxylic acid groups (broad SMARTS) is 1. The van der Waals surface area contributed by atoms with Crippen LogP contribution in [0.1, 0.15) is 6.42 Å². The highest BCUT2D eigenvalue weighted by Crippen LogP contribution is 2.15. The smallest absolute Gasteiger partial charge is 0.305 e. The zero-order chi connectivity index (χ0) is 12.0. The molecule has 0 heterocycles. The summed E-state index contributed by atoms with van der Waals surface area (Å²) in [4.78, 5) is 11.9. The molecule has 1 N–H and O–H groups in total. The zero-order valence-corrected chi connectivity index (χ0v) is 8.56. The predicted molar refractivity (Wildman–Crippen MR) is 56.5 cm³/mol. The molecule has 1 aromatic carbocycles. The Labute approximate surface area is 92.5 Å². The van der Waals surface area contributed by atoms with E-state index in [0.717, 1.165) is 0 Å². The third kappa shape index (κ3) is 3.58. The lowest BCUT2D eigenvalue weighted by Gasteiger charge is -2.20. The summed E-state index contributed by atoms with van der Waals surface area (Å²) in [5.41, 5.74) is 0.516. The van der Waals surface area contributed by atoms with E-state index in [9.17, 15) is 9.18 Å². The summed E-state index contributed by atoms with van der Waals surface area (Å²) < 4.78 is 12.9. The maximum atomic E-state index is 12.9. The number of nitrogens with zero attached hydrogens (tertiary/aromatic N) is 2.